The summed E-state index contributed by atoms with van der Waals surface area (Å²) in [6.45, 7) is 5.68. The molecule has 20 heavy (non-hydrogen) atoms. The Morgan fingerprint density at radius 3 is 2.60 bits per heavy atom. The van der Waals surface area contributed by atoms with E-state index >= 15 is 0 Å². The third-order valence-corrected chi connectivity index (χ3v) is 6.38. The van der Waals surface area contributed by atoms with Gasteiger partial charge in [0.25, 0.3) is 0 Å². The first kappa shape index (κ1) is 14.8. The highest BCUT2D eigenvalue weighted by atomic mass is 35.5. The Morgan fingerprint density at radius 1 is 1.35 bits per heavy atom. The zero-order chi connectivity index (χ0) is 14.1. The van der Waals surface area contributed by atoms with E-state index in [4.69, 9.17) is 11.6 Å². The standard InChI is InChI=1S/C16H25ClN2S/c1-3-18-12-9-13-5-4-6-14(10-12)19(13)11(2)15-7-8-16(17)20-15/h7-8,11-14,18H,3-6,9-10H2,1-2H3. The molecule has 1 N–H and O–H groups in total. The smallest absolute Gasteiger partial charge is 0.0931 e. The summed E-state index contributed by atoms with van der Waals surface area (Å²) in [4.78, 5) is 4.22. The monoisotopic (exact) mass is 312 g/mol. The molecule has 3 heterocycles. The van der Waals surface area contributed by atoms with E-state index in [0.717, 1.165) is 29.0 Å². The zero-order valence-corrected chi connectivity index (χ0v) is 14.0. The lowest BCUT2D eigenvalue weighted by Gasteiger charge is -2.51. The van der Waals surface area contributed by atoms with Gasteiger partial charge in [0, 0.05) is 29.0 Å². The highest BCUT2D eigenvalue weighted by Gasteiger charge is 2.40. The molecular formula is C16H25ClN2S. The molecule has 112 valence electrons. The maximum Gasteiger partial charge on any atom is 0.0931 e. The second kappa shape index (κ2) is 6.35. The molecule has 3 unspecified atom stereocenters. The third-order valence-electron chi connectivity index (χ3n) is 4.98. The molecule has 3 rings (SSSR count). The van der Waals surface area contributed by atoms with Gasteiger partial charge in [0.1, 0.15) is 0 Å². The summed E-state index contributed by atoms with van der Waals surface area (Å²) in [5.41, 5.74) is 0. The van der Waals surface area contributed by atoms with Crippen LogP contribution in [0.5, 0.6) is 0 Å². The second-order valence-corrected chi connectivity index (χ2v) is 7.98. The van der Waals surface area contributed by atoms with E-state index in [-0.39, 0.29) is 0 Å². The van der Waals surface area contributed by atoms with Crippen LogP contribution in [0.4, 0.5) is 0 Å². The predicted molar refractivity (Wildman–Crippen MR) is 87.7 cm³/mol. The summed E-state index contributed by atoms with van der Waals surface area (Å²) >= 11 is 7.87. The van der Waals surface area contributed by atoms with E-state index in [0.29, 0.717) is 6.04 Å². The second-order valence-electron chi connectivity index (χ2n) is 6.23. The van der Waals surface area contributed by atoms with Crippen molar-refractivity contribution in [3.8, 4) is 0 Å². The lowest BCUT2D eigenvalue weighted by atomic mass is 9.80. The van der Waals surface area contributed by atoms with Crippen LogP contribution in [0.15, 0.2) is 12.1 Å². The van der Waals surface area contributed by atoms with Gasteiger partial charge in [-0.25, -0.2) is 0 Å². The van der Waals surface area contributed by atoms with Crippen molar-refractivity contribution < 1.29 is 0 Å². The van der Waals surface area contributed by atoms with E-state index in [9.17, 15) is 0 Å². The van der Waals surface area contributed by atoms with Crippen molar-refractivity contribution >= 4 is 22.9 Å². The van der Waals surface area contributed by atoms with Crippen molar-refractivity contribution in [1.82, 2.24) is 10.2 Å². The molecule has 0 radical (unpaired) electrons. The van der Waals surface area contributed by atoms with Crippen molar-refractivity contribution in [2.24, 2.45) is 0 Å². The fourth-order valence-electron chi connectivity index (χ4n) is 4.21. The number of nitrogens with zero attached hydrogens (tertiary/aromatic N) is 1. The molecule has 0 aliphatic carbocycles. The molecule has 2 fully saturated rings. The summed E-state index contributed by atoms with van der Waals surface area (Å²) in [7, 11) is 0. The fraction of sp³-hybridized carbons (Fsp3) is 0.750. The lowest BCUT2D eigenvalue weighted by Crippen LogP contribution is -2.56. The average molecular weight is 313 g/mol. The third kappa shape index (κ3) is 2.92. The van der Waals surface area contributed by atoms with E-state index in [1.165, 1.54) is 37.0 Å². The molecule has 3 atom stereocenters. The quantitative estimate of drug-likeness (QED) is 0.883. The number of fused-ring (bicyclic) bond motifs is 2. The summed E-state index contributed by atoms with van der Waals surface area (Å²) in [5.74, 6) is 0. The Balaban J connectivity index is 1.76. The fourth-order valence-corrected chi connectivity index (χ4v) is 5.32. The predicted octanol–water partition coefficient (Wildman–Crippen LogP) is 4.46. The van der Waals surface area contributed by atoms with Gasteiger partial charge in [0.2, 0.25) is 0 Å². The molecule has 0 aromatic carbocycles. The van der Waals surface area contributed by atoms with Gasteiger partial charge in [0.15, 0.2) is 0 Å². The van der Waals surface area contributed by atoms with Crippen molar-refractivity contribution in [1.29, 1.82) is 0 Å². The lowest BCUT2D eigenvalue weighted by molar-refractivity contribution is -0.00496. The summed E-state index contributed by atoms with van der Waals surface area (Å²) < 4.78 is 0.916. The Labute approximate surface area is 131 Å². The van der Waals surface area contributed by atoms with Crippen LogP contribution in [0.2, 0.25) is 4.34 Å². The summed E-state index contributed by atoms with van der Waals surface area (Å²) in [6.07, 6.45) is 6.76. The van der Waals surface area contributed by atoms with Gasteiger partial charge < -0.3 is 5.32 Å². The average Bonchev–Trinajstić information content (AvgIpc) is 2.84. The number of halogens is 1. The maximum atomic E-state index is 6.12. The topological polar surface area (TPSA) is 15.3 Å². The van der Waals surface area contributed by atoms with E-state index in [1.807, 2.05) is 6.07 Å². The van der Waals surface area contributed by atoms with Crippen LogP contribution < -0.4 is 5.32 Å². The molecule has 4 heteroatoms. The normalized spacial score (nSPS) is 32.2. The number of hydrogen-bond acceptors (Lipinski definition) is 3. The SMILES string of the molecule is CCNC1CC2CCCC(C1)N2C(C)c1ccc(Cl)s1. The van der Waals surface area contributed by atoms with Crippen molar-refractivity contribution in [3.05, 3.63) is 21.3 Å². The van der Waals surface area contributed by atoms with Gasteiger partial charge in [-0.1, -0.05) is 24.9 Å². The van der Waals surface area contributed by atoms with Gasteiger partial charge in [-0.2, -0.15) is 0 Å². The Hall–Kier alpha value is -0.0900. The van der Waals surface area contributed by atoms with E-state index in [2.05, 4.69) is 30.1 Å². The number of rotatable bonds is 4. The molecule has 0 spiro atoms. The van der Waals surface area contributed by atoms with Crippen molar-refractivity contribution in [2.45, 2.75) is 70.1 Å². The van der Waals surface area contributed by atoms with E-state index < -0.39 is 0 Å². The van der Waals surface area contributed by atoms with Gasteiger partial charge in [-0.3, -0.25) is 4.90 Å². The first-order valence-corrected chi connectivity index (χ1v) is 9.14. The molecule has 0 amide bonds. The highest BCUT2D eigenvalue weighted by Crippen LogP contribution is 2.41. The molecule has 0 saturated carbocycles. The molecule has 1 aromatic rings. The number of piperidine rings is 2. The van der Waals surface area contributed by atoms with Crippen LogP contribution in [-0.4, -0.2) is 29.6 Å². The van der Waals surface area contributed by atoms with Crippen LogP contribution in [0, 0.1) is 0 Å². The molecule has 2 nitrogen and oxygen atoms in total. The van der Waals surface area contributed by atoms with Gasteiger partial charge >= 0.3 is 0 Å². The molecule has 2 aliphatic heterocycles. The molecular weight excluding hydrogens is 288 g/mol. The Morgan fingerprint density at radius 2 is 2.05 bits per heavy atom. The highest BCUT2D eigenvalue weighted by molar-refractivity contribution is 7.16. The van der Waals surface area contributed by atoms with Crippen LogP contribution in [0.25, 0.3) is 0 Å². The minimum Gasteiger partial charge on any atom is -0.314 e. The molecule has 2 saturated heterocycles. The minimum absolute atomic E-state index is 0.519. The van der Waals surface area contributed by atoms with Crippen molar-refractivity contribution in [3.63, 3.8) is 0 Å². The number of nitrogens with one attached hydrogen (secondary N) is 1. The summed E-state index contributed by atoms with van der Waals surface area (Å²) in [6, 6.07) is 7.00. The Kier molecular flexibility index (Phi) is 4.71. The van der Waals surface area contributed by atoms with Gasteiger partial charge in [-0.15, -0.1) is 11.3 Å². The van der Waals surface area contributed by atoms with E-state index in [1.54, 1.807) is 11.3 Å². The van der Waals surface area contributed by atoms with Gasteiger partial charge in [0.05, 0.1) is 4.34 Å². The molecule has 2 aliphatic rings. The molecule has 2 bridgehead atoms. The van der Waals surface area contributed by atoms with Crippen molar-refractivity contribution in [2.75, 3.05) is 6.54 Å². The Bertz CT molecular complexity index is 433. The van der Waals surface area contributed by atoms with Crippen LogP contribution in [0.3, 0.4) is 0 Å². The van der Waals surface area contributed by atoms with Gasteiger partial charge in [-0.05, 0) is 51.3 Å². The largest absolute Gasteiger partial charge is 0.314 e. The van der Waals surface area contributed by atoms with Crippen LogP contribution in [-0.2, 0) is 0 Å². The maximum absolute atomic E-state index is 6.12. The number of thiophene rings is 1. The first-order valence-electron chi connectivity index (χ1n) is 7.95. The zero-order valence-electron chi connectivity index (χ0n) is 12.4. The first-order chi connectivity index (χ1) is 9.69. The van der Waals surface area contributed by atoms with Crippen LogP contribution in [0.1, 0.15) is 56.9 Å². The number of hydrogen-bond donors (Lipinski definition) is 1. The summed E-state index contributed by atoms with van der Waals surface area (Å²) in [5, 5.41) is 3.67. The minimum atomic E-state index is 0.519. The van der Waals surface area contributed by atoms with Crippen LogP contribution >= 0.6 is 22.9 Å². The molecule has 1 aromatic heterocycles.